The highest BCUT2D eigenvalue weighted by Gasteiger charge is 2.18. The van der Waals surface area contributed by atoms with Crippen molar-refractivity contribution in [1.29, 1.82) is 5.26 Å². The van der Waals surface area contributed by atoms with Crippen molar-refractivity contribution < 1.29 is 18.3 Å². The molecule has 2 aromatic heterocycles. The summed E-state index contributed by atoms with van der Waals surface area (Å²) in [4.78, 5) is 4.24. The van der Waals surface area contributed by atoms with Crippen LogP contribution in [0, 0.1) is 18.3 Å². The van der Waals surface area contributed by atoms with Gasteiger partial charge in [-0.15, -0.1) is 0 Å². The van der Waals surface area contributed by atoms with Gasteiger partial charge in [-0.1, -0.05) is 12.1 Å². The predicted molar refractivity (Wildman–Crippen MR) is 115 cm³/mol. The maximum atomic E-state index is 9.43. The highest BCUT2D eigenvalue weighted by Crippen LogP contribution is 2.30. The number of furan rings is 1. The summed E-state index contributed by atoms with van der Waals surface area (Å²) in [5, 5.41) is 12.5. The topological polar surface area (TPSA) is 93.4 Å². The van der Waals surface area contributed by atoms with E-state index in [1.807, 2.05) is 68.4 Å². The predicted octanol–water partition coefficient (Wildman–Crippen LogP) is 5.84. The first-order valence-electron chi connectivity index (χ1n) is 9.84. The molecule has 0 saturated heterocycles. The van der Waals surface area contributed by atoms with Crippen molar-refractivity contribution in [2.75, 3.05) is 11.9 Å². The van der Waals surface area contributed by atoms with Crippen LogP contribution in [-0.4, -0.2) is 11.6 Å². The van der Waals surface area contributed by atoms with Crippen molar-refractivity contribution in [2.45, 2.75) is 20.5 Å². The molecule has 0 spiro atoms. The first-order valence-corrected chi connectivity index (χ1v) is 9.84. The minimum absolute atomic E-state index is 0.137. The van der Waals surface area contributed by atoms with Gasteiger partial charge in [0.05, 0.1) is 6.61 Å². The Bertz CT molecular complexity index is 1200. The molecule has 0 radical (unpaired) electrons. The Morgan fingerprint density at radius 1 is 1.00 bits per heavy atom. The second-order valence-corrected chi connectivity index (χ2v) is 6.76. The average molecular weight is 415 g/mol. The number of aromatic nitrogens is 1. The van der Waals surface area contributed by atoms with E-state index in [1.54, 1.807) is 12.1 Å². The van der Waals surface area contributed by atoms with Crippen LogP contribution in [0.2, 0.25) is 0 Å². The van der Waals surface area contributed by atoms with Crippen molar-refractivity contribution in [2.24, 2.45) is 0 Å². The lowest BCUT2D eigenvalue weighted by Crippen LogP contribution is -1.93. The van der Waals surface area contributed by atoms with E-state index < -0.39 is 0 Å². The number of nitrogens with zero attached hydrogens (tertiary/aromatic N) is 2. The van der Waals surface area contributed by atoms with E-state index in [-0.39, 0.29) is 24.1 Å². The Labute approximate surface area is 179 Å². The van der Waals surface area contributed by atoms with Gasteiger partial charge in [-0.25, -0.2) is 0 Å². The number of hydrogen-bond acceptors (Lipinski definition) is 7. The molecule has 2 aromatic carbocycles. The number of rotatable bonds is 8. The molecule has 7 heteroatoms. The maximum Gasteiger partial charge on any atom is 0.266 e. The lowest BCUT2D eigenvalue weighted by Gasteiger charge is -2.05. The summed E-state index contributed by atoms with van der Waals surface area (Å²) in [5.74, 6) is 3.03. The molecule has 0 unspecified atom stereocenters. The van der Waals surface area contributed by atoms with Gasteiger partial charge >= 0.3 is 0 Å². The van der Waals surface area contributed by atoms with Crippen molar-refractivity contribution >= 4 is 11.6 Å². The summed E-state index contributed by atoms with van der Waals surface area (Å²) in [6.45, 7) is 4.80. The lowest BCUT2D eigenvalue weighted by molar-refractivity contribution is 0.271. The molecular weight excluding hydrogens is 394 g/mol. The fourth-order valence-electron chi connectivity index (χ4n) is 2.95. The highest BCUT2D eigenvalue weighted by molar-refractivity contribution is 5.62. The molecule has 0 fully saturated rings. The van der Waals surface area contributed by atoms with E-state index in [2.05, 4.69) is 10.3 Å². The van der Waals surface area contributed by atoms with Gasteiger partial charge in [0.1, 0.15) is 29.9 Å². The van der Waals surface area contributed by atoms with Crippen LogP contribution in [0.4, 0.5) is 11.6 Å². The van der Waals surface area contributed by atoms with E-state index in [4.69, 9.17) is 18.3 Å². The molecule has 1 N–H and O–H groups in total. The average Bonchev–Trinajstić information content (AvgIpc) is 3.41. The van der Waals surface area contributed by atoms with Gasteiger partial charge in [0, 0.05) is 5.69 Å². The zero-order valence-electron chi connectivity index (χ0n) is 17.2. The number of oxazole rings is 1. The fraction of sp³-hybridized carbons (Fsp3) is 0.167. The number of nitrogens with one attached hydrogen (secondary N) is 1. The molecule has 0 atom stereocenters. The molecule has 0 bridgehead atoms. The van der Waals surface area contributed by atoms with Crippen LogP contribution in [0.5, 0.6) is 11.5 Å². The van der Waals surface area contributed by atoms with Crippen LogP contribution in [0.15, 0.2) is 69.5 Å². The Morgan fingerprint density at radius 2 is 1.84 bits per heavy atom. The van der Waals surface area contributed by atoms with E-state index in [0.29, 0.717) is 18.1 Å². The van der Waals surface area contributed by atoms with Gasteiger partial charge in [0.15, 0.2) is 5.76 Å². The standard InChI is InChI=1S/C24H21N3O4/c1-3-28-18-9-7-17(8-10-18)26-23-21(14-25)27-24(31-23)22-12-11-20(30-22)15-29-19-6-4-5-16(2)13-19/h4-13,26H,3,15H2,1-2H3. The lowest BCUT2D eigenvalue weighted by atomic mass is 10.2. The number of aryl methyl sites for hydroxylation is 1. The van der Waals surface area contributed by atoms with E-state index in [1.165, 1.54) is 0 Å². The summed E-state index contributed by atoms with van der Waals surface area (Å²) in [5.41, 5.74) is 2.00. The molecule has 4 aromatic rings. The highest BCUT2D eigenvalue weighted by atomic mass is 16.5. The zero-order valence-corrected chi connectivity index (χ0v) is 17.2. The second-order valence-electron chi connectivity index (χ2n) is 6.76. The van der Waals surface area contributed by atoms with Gasteiger partial charge in [-0.3, -0.25) is 0 Å². The number of ether oxygens (including phenoxy) is 2. The van der Waals surface area contributed by atoms with E-state index in [0.717, 1.165) is 22.7 Å². The van der Waals surface area contributed by atoms with E-state index in [9.17, 15) is 5.26 Å². The summed E-state index contributed by atoms with van der Waals surface area (Å²) in [7, 11) is 0. The van der Waals surface area contributed by atoms with Crippen LogP contribution >= 0.6 is 0 Å². The van der Waals surface area contributed by atoms with Crippen LogP contribution < -0.4 is 14.8 Å². The summed E-state index contributed by atoms with van der Waals surface area (Å²) < 4.78 is 22.7. The Morgan fingerprint density at radius 3 is 2.58 bits per heavy atom. The number of hydrogen-bond donors (Lipinski definition) is 1. The Kier molecular flexibility index (Phi) is 5.90. The quantitative estimate of drug-likeness (QED) is 0.386. The maximum absolute atomic E-state index is 9.43. The SMILES string of the molecule is CCOc1ccc(Nc2oc(-c3ccc(COc4cccc(C)c4)o3)nc2C#N)cc1. The molecule has 7 nitrogen and oxygen atoms in total. The van der Waals surface area contributed by atoms with Crippen molar-refractivity contribution in [3.63, 3.8) is 0 Å². The van der Waals surface area contributed by atoms with Crippen LogP contribution in [-0.2, 0) is 6.61 Å². The molecule has 0 aliphatic rings. The van der Waals surface area contributed by atoms with E-state index >= 15 is 0 Å². The third-order valence-corrected chi connectivity index (χ3v) is 4.40. The second kappa shape index (κ2) is 9.09. The van der Waals surface area contributed by atoms with Gasteiger partial charge in [-0.05, 0) is 67.9 Å². The van der Waals surface area contributed by atoms with Crippen molar-refractivity contribution in [1.82, 2.24) is 4.98 Å². The fourth-order valence-corrected chi connectivity index (χ4v) is 2.95. The minimum Gasteiger partial charge on any atom is -0.494 e. The number of nitriles is 1. The molecule has 0 saturated carbocycles. The van der Waals surface area contributed by atoms with Crippen LogP contribution in [0.25, 0.3) is 11.7 Å². The van der Waals surface area contributed by atoms with Crippen LogP contribution in [0.3, 0.4) is 0 Å². The molecule has 156 valence electrons. The third-order valence-electron chi connectivity index (χ3n) is 4.40. The van der Waals surface area contributed by atoms with Gasteiger partial charge in [-0.2, -0.15) is 10.2 Å². The summed E-state index contributed by atoms with van der Waals surface area (Å²) in [6, 6.07) is 20.7. The summed E-state index contributed by atoms with van der Waals surface area (Å²) in [6.07, 6.45) is 0. The first kappa shape index (κ1) is 20.1. The molecule has 4 rings (SSSR count). The largest absolute Gasteiger partial charge is 0.494 e. The molecule has 2 heterocycles. The number of anilines is 2. The van der Waals surface area contributed by atoms with Gasteiger partial charge in [0.2, 0.25) is 11.6 Å². The first-order chi connectivity index (χ1) is 15.1. The van der Waals surface area contributed by atoms with Crippen LogP contribution in [0.1, 0.15) is 23.9 Å². The molecule has 0 aliphatic heterocycles. The Balaban J connectivity index is 1.46. The Hall–Kier alpha value is -4.18. The normalized spacial score (nSPS) is 10.5. The smallest absolute Gasteiger partial charge is 0.266 e. The summed E-state index contributed by atoms with van der Waals surface area (Å²) >= 11 is 0. The monoisotopic (exact) mass is 415 g/mol. The van der Waals surface area contributed by atoms with Crippen molar-refractivity contribution in [3.05, 3.63) is 77.7 Å². The zero-order chi connectivity index (χ0) is 21.6. The van der Waals surface area contributed by atoms with Gasteiger partial charge in [0.25, 0.3) is 5.89 Å². The minimum atomic E-state index is 0.137. The van der Waals surface area contributed by atoms with Gasteiger partial charge < -0.3 is 23.6 Å². The molecular formula is C24H21N3O4. The number of benzene rings is 2. The molecule has 31 heavy (non-hydrogen) atoms. The molecule has 0 aliphatic carbocycles. The van der Waals surface area contributed by atoms with Crippen molar-refractivity contribution in [3.8, 4) is 29.2 Å². The molecule has 0 amide bonds. The third kappa shape index (κ3) is 4.87.